The molecule has 0 bridgehead atoms. The van der Waals surface area contributed by atoms with E-state index in [1.54, 1.807) is 6.07 Å². The predicted molar refractivity (Wildman–Crippen MR) is 106 cm³/mol. The first-order valence-electron chi connectivity index (χ1n) is 7.94. The molecule has 136 valence electrons. The molecule has 0 saturated carbocycles. The number of benzene rings is 2. The topological polar surface area (TPSA) is 79.8 Å². The van der Waals surface area contributed by atoms with Crippen molar-refractivity contribution in [3.63, 3.8) is 0 Å². The maximum absolute atomic E-state index is 11.8. The van der Waals surface area contributed by atoms with E-state index in [9.17, 15) is 9.59 Å². The van der Waals surface area contributed by atoms with Crippen molar-refractivity contribution in [2.24, 2.45) is 5.16 Å². The van der Waals surface area contributed by atoms with Crippen LogP contribution in [0.5, 0.6) is 0 Å². The van der Waals surface area contributed by atoms with Crippen molar-refractivity contribution in [3.8, 4) is 0 Å². The number of carbonyl (C=O) groups is 2. The molecule has 0 unspecified atom stereocenters. The fourth-order valence-corrected chi connectivity index (χ4v) is 2.47. The number of rotatable bonds is 6. The van der Waals surface area contributed by atoms with Crippen molar-refractivity contribution in [2.75, 3.05) is 17.2 Å². The Bertz CT molecular complexity index is 850. The van der Waals surface area contributed by atoms with Crippen LogP contribution in [-0.2, 0) is 14.4 Å². The summed E-state index contributed by atoms with van der Waals surface area (Å²) in [7, 11) is 0. The highest BCUT2D eigenvalue weighted by Crippen LogP contribution is 2.20. The van der Waals surface area contributed by atoms with Crippen LogP contribution in [0, 0.1) is 20.8 Å². The zero-order valence-electron chi connectivity index (χ0n) is 14.8. The van der Waals surface area contributed by atoms with Gasteiger partial charge in [-0.2, -0.15) is 0 Å². The second-order valence-corrected chi connectivity index (χ2v) is 6.68. The van der Waals surface area contributed by atoms with Gasteiger partial charge in [-0.3, -0.25) is 9.59 Å². The minimum atomic E-state index is -0.430. The number of hydrogen-bond acceptors (Lipinski definition) is 4. The molecular formula is C19H20BrN3O3. The predicted octanol–water partition coefficient (Wildman–Crippen LogP) is 3.95. The van der Waals surface area contributed by atoms with E-state index in [0.717, 1.165) is 27.4 Å². The molecule has 2 rings (SSSR count). The fourth-order valence-electron chi connectivity index (χ4n) is 2.22. The van der Waals surface area contributed by atoms with Crippen LogP contribution in [0.15, 0.2) is 46.0 Å². The van der Waals surface area contributed by atoms with Crippen molar-refractivity contribution < 1.29 is 14.4 Å². The molecular weight excluding hydrogens is 398 g/mol. The second-order valence-electron chi connectivity index (χ2n) is 5.83. The zero-order valence-corrected chi connectivity index (χ0v) is 16.4. The van der Waals surface area contributed by atoms with Gasteiger partial charge < -0.3 is 15.5 Å². The van der Waals surface area contributed by atoms with Gasteiger partial charge in [0.25, 0.3) is 11.8 Å². The third-order valence-electron chi connectivity index (χ3n) is 3.52. The average Bonchev–Trinajstić information content (AvgIpc) is 2.58. The Morgan fingerprint density at radius 1 is 1.08 bits per heavy atom. The molecule has 0 spiro atoms. The SMILES string of the molecule is Cc1ccc(NC(=O)/C=N\OCC(=O)Nc2ccc(Br)c(C)c2)c(C)c1. The number of carbonyl (C=O) groups excluding carboxylic acids is 2. The lowest BCUT2D eigenvalue weighted by atomic mass is 10.1. The Morgan fingerprint density at radius 3 is 2.54 bits per heavy atom. The first-order valence-corrected chi connectivity index (χ1v) is 8.74. The molecule has 0 fully saturated rings. The van der Waals surface area contributed by atoms with Crippen LogP contribution in [0.4, 0.5) is 11.4 Å². The minimum absolute atomic E-state index is 0.289. The quantitative estimate of drug-likeness (QED) is 0.551. The second kappa shape index (κ2) is 9.15. The number of halogens is 1. The van der Waals surface area contributed by atoms with E-state index in [-0.39, 0.29) is 12.5 Å². The molecule has 6 nitrogen and oxygen atoms in total. The summed E-state index contributed by atoms with van der Waals surface area (Å²) >= 11 is 3.40. The number of nitrogens with zero attached hydrogens (tertiary/aromatic N) is 1. The monoisotopic (exact) mass is 417 g/mol. The van der Waals surface area contributed by atoms with Crippen LogP contribution in [0.2, 0.25) is 0 Å². The van der Waals surface area contributed by atoms with Gasteiger partial charge in [-0.25, -0.2) is 0 Å². The summed E-state index contributed by atoms with van der Waals surface area (Å²) in [6.45, 7) is 5.52. The summed E-state index contributed by atoms with van der Waals surface area (Å²) in [5, 5.41) is 8.92. The van der Waals surface area contributed by atoms with Gasteiger partial charge in [0.1, 0.15) is 6.21 Å². The lowest BCUT2D eigenvalue weighted by molar-refractivity contribution is -0.120. The third kappa shape index (κ3) is 6.00. The highest BCUT2D eigenvalue weighted by atomic mass is 79.9. The molecule has 2 aromatic carbocycles. The van der Waals surface area contributed by atoms with Crippen LogP contribution in [0.3, 0.4) is 0 Å². The van der Waals surface area contributed by atoms with E-state index in [1.807, 2.05) is 51.1 Å². The molecule has 0 radical (unpaired) electrons. The Labute approximate surface area is 160 Å². The summed E-state index contributed by atoms with van der Waals surface area (Å²) in [5.74, 6) is -0.792. The van der Waals surface area contributed by atoms with E-state index in [1.165, 1.54) is 0 Å². The van der Waals surface area contributed by atoms with Gasteiger partial charge in [0.05, 0.1) is 0 Å². The number of hydrogen-bond donors (Lipinski definition) is 2. The Hall–Kier alpha value is -2.67. The highest BCUT2D eigenvalue weighted by molar-refractivity contribution is 9.10. The largest absolute Gasteiger partial charge is 0.385 e. The van der Waals surface area contributed by atoms with E-state index in [0.29, 0.717) is 11.4 Å². The molecule has 0 aliphatic heterocycles. The van der Waals surface area contributed by atoms with E-state index in [2.05, 4.69) is 31.7 Å². The maximum Gasteiger partial charge on any atom is 0.270 e. The van der Waals surface area contributed by atoms with Gasteiger partial charge in [0.15, 0.2) is 6.61 Å². The molecule has 26 heavy (non-hydrogen) atoms. The van der Waals surface area contributed by atoms with Crippen molar-refractivity contribution >= 4 is 45.3 Å². The zero-order chi connectivity index (χ0) is 19.1. The smallest absolute Gasteiger partial charge is 0.270 e. The van der Waals surface area contributed by atoms with Crippen LogP contribution in [-0.4, -0.2) is 24.6 Å². The summed E-state index contributed by atoms with van der Waals surface area (Å²) in [4.78, 5) is 28.5. The van der Waals surface area contributed by atoms with Crippen LogP contribution < -0.4 is 10.6 Å². The summed E-state index contributed by atoms with van der Waals surface area (Å²) in [5.41, 5.74) is 4.44. The first kappa shape index (κ1) is 19.7. The van der Waals surface area contributed by atoms with Crippen molar-refractivity contribution in [1.29, 1.82) is 0 Å². The van der Waals surface area contributed by atoms with Gasteiger partial charge in [-0.05, 0) is 56.2 Å². The van der Waals surface area contributed by atoms with Gasteiger partial charge in [-0.15, -0.1) is 0 Å². The highest BCUT2D eigenvalue weighted by Gasteiger charge is 2.05. The van der Waals surface area contributed by atoms with Crippen LogP contribution in [0.25, 0.3) is 0 Å². The Morgan fingerprint density at radius 2 is 1.85 bits per heavy atom. The van der Waals surface area contributed by atoms with E-state index >= 15 is 0 Å². The van der Waals surface area contributed by atoms with Crippen LogP contribution in [0.1, 0.15) is 16.7 Å². The van der Waals surface area contributed by atoms with Gasteiger partial charge in [-0.1, -0.05) is 38.8 Å². The number of amides is 2. The van der Waals surface area contributed by atoms with E-state index < -0.39 is 5.91 Å². The molecule has 2 aromatic rings. The number of nitrogens with one attached hydrogen (secondary N) is 2. The normalized spacial score (nSPS) is 10.6. The van der Waals surface area contributed by atoms with Gasteiger partial charge in [0, 0.05) is 15.8 Å². The van der Waals surface area contributed by atoms with E-state index in [4.69, 9.17) is 4.84 Å². The molecule has 0 aliphatic carbocycles. The molecule has 7 heteroatoms. The Balaban J connectivity index is 1.78. The minimum Gasteiger partial charge on any atom is -0.385 e. The molecule has 0 heterocycles. The van der Waals surface area contributed by atoms with Crippen molar-refractivity contribution in [3.05, 3.63) is 57.6 Å². The maximum atomic E-state index is 11.8. The number of anilines is 2. The first-order chi connectivity index (χ1) is 12.3. The Kier molecular flexibility index (Phi) is 6.91. The lowest BCUT2D eigenvalue weighted by Crippen LogP contribution is -2.18. The molecule has 2 amide bonds. The average molecular weight is 418 g/mol. The summed E-state index contributed by atoms with van der Waals surface area (Å²) < 4.78 is 0.964. The molecule has 0 saturated heterocycles. The summed E-state index contributed by atoms with van der Waals surface area (Å²) in [6, 6.07) is 11.2. The van der Waals surface area contributed by atoms with Crippen molar-refractivity contribution in [1.82, 2.24) is 0 Å². The lowest BCUT2D eigenvalue weighted by Gasteiger charge is -2.07. The van der Waals surface area contributed by atoms with Crippen molar-refractivity contribution in [2.45, 2.75) is 20.8 Å². The molecule has 0 aliphatic rings. The standard InChI is InChI=1S/C19H20BrN3O3/c1-12-4-7-17(14(3)8-12)23-18(24)10-21-26-11-19(25)22-15-5-6-16(20)13(2)9-15/h4-10H,11H2,1-3H3,(H,22,25)(H,23,24)/b21-10-. The molecule has 0 aromatic heterocycles. The number of aryl methyl sites for hydroxylation is 3. The summed E-state index contributed by atoms with van der Waals surface area (Å²) in [6.07, 6.45) is 0.996. The number of oxime groups is 1. The molecule has 2 N–H and O–H groups in total. The van der Waals surface area contributed by atoms with Gasteiger partial charge >= 0.3 is 0 Å². The van der Waals surface area contributed by atoms with Crippen LogP contribution >= 0.6 is 15.9 Å². The van der Waals surface area contributed by atoms with Gasteiger partial charge in [0.2, 0.25) is 0 Å². The fraction of sp³-hybridized carbons (Fsp3) is 0.211. The molecule has 0 atom stereocenters. The third-order valence-corrected chi connectivity index (χ3v) is 4.41.